The fourth-order valence-electron chi connectivity index (χ4n) is 3.56. The fraction of sp³-hybridized carbons (Fsp3) is 0.938. The standard InChI is InChI=1S/C16H32N4O3S/c1-17-10-6-9-16(21)19-11-13-20(14-12-19)24(22,23)18(2)15-7-4-3-5-8-15/h15,17H,3-14H2,1-2H3. The molecule has 0 spiro atoms. The van der Waals surface area contributed by atoms with Gasteiger partial charge in [0, 0.05) is 45.7 Å². The lowest BCUT2D eigenvalue weighted by atomic mass is 9.96. The van der Waals surface area contributed by atoms with E-state index in [2.05, 4.69) is 5.32 Å². The second-order valence-electron chi connectivity index (χ2n) is 6.80. The molecule has 0 aromatic rings. The summed E-state index contributed by atoms with van der Waals surface area (Å²) in [5, 5.41) is 3.03. The van der Waals surface area contributed by atoms with Crippen molar-refractivity contribution in [3.63, 3.8) is 0 Å². The van der Waals surface area contributed by atoms with Gasteiger partial charge in [-0.25, -0.2) is 0 Å². The molecular weight excluding hydrogens is 328 g/mol. The molecule has 7 nitrogen and oxygen atoms in total. The Morgan fingerprint density at radius 2 is 1.75 bits per heavy atom. The molecule has 24 heavy (non-hydrogen) atoms. The van der Waals surface area contributed by atoms with Gasteiger partial charge in [-0.15, -0.1) is 0 Å². The van der Waals surface area contributed by atoms with Crippen molar-refractivity contribution in [2.24, 2.45) is 0 Å². The van der Waals surface area contributed by atoms with Crippen LogP contribution in [0, 0.1) is 0 Å². The molecule has 0 atom stereocenters. The van der Waals surface area contributed by atoms with Crippen molar-refractivity contribution in [1.82, 2.24) is 18.8 Å². The van der Waals surface area contributed by atoms with E-state index in [1.807, 2.05) is 7.05 Å². The first-order chi connectivity index (χ1) is 11.5. The Bertz CT molecular complexity index is 497. The van der Waals surface area contributed by atoms with Crippen LogP contribution in [0.25, 0.3) is 0 Å². The molecule has 1 N–H and O–H groups in total. The topological polar surface area (TPSA) is 73.0 Å². The Morgan fingerprint density at radius 1 is 1.12 bits per heavy atom. The van der Waals surface area contributed by atoms with Gasteiger partial charge in [-0.2, -0.15) is 17.0 Å². The maximum Gasteiger partial charge on any atom is 0.282 e. The lowest BCUT2D eigenvalue weighted by Crippen LogP contribution is -2.55. The van der Waals surface area contributed by atoms with E-state index in [4.69, 9.17) is 0 Å². The highest BCUT2D eigenvalue weighted by Gasteiger charge is 2.35. The van der Waals surface area contributed by atoms with Crippen LogP contribution in [0.15, 0.2) is 0 Å². The van der Waals surface area contributed by atoms with Crippen LogP contribution >= 0.6 is 0 Å². The summed E-state index contributed by atoms with van der Waals surface area (Å²) in [7, 11) is 0.168. The monoisotopic (exact) mass is 360 g/mol. The highest BCUT2D eigenvalue weighted by atomic mass is 32.2. The normalized spacial score (nSPS) is 21.4. The van der Waals surface area contributed by atoms with Crippen molar-refractivity contribution >= 4 is 16.1 Å². The van der Waals surface area contributed by atoms with Crippen LogP contribution in [0.1, 0.15) is 44.9 Å². The van der Waals surface area contributed by atoms with Gasteiger partial charge in [-0.05, 0) is 32.9 Å². The number of nitrogens with one attached hydrogen (secondary N) is 1. The molecule has 0 radical (unpaired) electrons. The summed E-state index contributed by atoms with van der Waals surface area (Å²) in [6, 6.07) is 0.130. The first-order valence-electron chi connectivity index (χ1n) is 9.12. The van der Waals surface area contributed by atoms with Crippen molar-refractivity contribution in [3.05, 3.63) is 0 Å². The van der Waals surface area contributed by atoms with Crippen LogP contribution < -0.4 is 5.32 Å². The quantitative estimate of drug-likeness (QED) is 0.676. The van der Waals surface area contributed by atoms with Crippen LogP contribution in [-0.2, 0) is 15.0 Å². The second kappa shape index (κ2) is 9.12. The zero-order valence-electron chi connectivity index (χ0n) is 15.0. The molecular formula is C16H32N4O3S. The van der Waals surface area contributed by atoms with E-state index < -0.39 is 10.2 Å². The number of rotatable bonds is 7. The third kappa shape index (κ3) is 4.91. The molecule has 1 aliphatic heterocycles. The molecule has 8 heteroatoms. The summed E-state index contributed by atoms with van der Waals surface area (Å²) in [6.45, 7) is 2.62. The molecule has 2 fully saturated rings. The molecule has 140 valence electrons. The van der Waals surface area contributed by atoms with E-state index in [1.54, 1.807) is 20.6 Å². The van der Waals surface area contributed by atoms with Gasteiger partial charge >= 0.3 is 0 Å². The van der Waals surface area contributed by atoms with Crippen LogP contribution in [0.3, 0.4) is 0 Å². The van der Waals surface area contributed by atoms with Crippen molar-refractivity contribution in [1.29, 1.82) is 0 Å². The molecule has 1 heterocycles. The third-order valence-corrected chi connectivity index (χ3v) is 7.23. The second-order valence-corrected chi connectivity index (χ2v) is 8.79. The lowest BCUT2D eigenvalue weighted by molar-refractivity contribution is -0.132. The Labute approximate surface area is 146 Å². The van der Waals surface area contributed by atoms with E-state index in [0.29, 0.717) is 32.6 Å². The first-order valence-corrected chi connectivity index (χ1v) is 10.5. The minimum Gasteiger partial charge on any atom is -0.340 e. The van der Waals surface area contributed by atoms with E-state index in [-0.39, 0.29) is 11.9 Å². The Balaban J connectivity index is 1.84. The zero-order chi connectivity index (χ0) is 17.6. The summed E-state index contributed by atoms with van der Waals surface area (Å²) in [4.78, 5) is 13.9. The molecule has 1 saturated carbocycles. The van der Waals surface area contributed by atoms with Gasteiger partial charge in [-0.3, -0.25) is 4.79 Å². The van der Waals surface area contributed by atoms with Crippen LogP contribution in [-0.4, -0.2) is 80.7 Å². The van der Waals surface area contributed by atoms with Gasteiger partial charge < -0.3 is 10.2 Å². The molecule has 0 aromatic carbocycles. The summed E-state index contributed by atoms with van der Waals surface area (Å²) >= 11 is 0. The molecule has 0 bridgehead atoms. The molecule has 1 aliphatic carbocycles. The zero-order valence-corrected chi connectivity index (χ0v) is 15.9. The van der Waals surface area contributed by atoms with Gasteiger partial charge in [-0.1, -0.05) is 19.3 Å². The van der Waals surface area contributed by atoms with E-state index in [0.717, 1.165) is 38.6 Å². The number of hydrogen-bond acceptors (Lipinski definition) is 4. The SMILES string of the molecule is CNCCCC(=O)N1CCN(S(=O)(=O)N(C)C2CCCCC2)CC1. The maximum atomic E-state index is 12.8. The van der Waals surface area contributed by atoms with Gasteiger partial charge in [0.05, 0.1) is 0 Å². The van der Waals surface area contributed by atoms with Crippen molar-refractivity contribution in [3.8, 4) is 0 Å². The number of piperazine rings is 1. The number of nitrogens with zero attached hydrogens (tertiary/aromatic N) is 3. The fourth-order valence-corrected chi connectivity index (χ4v) is 5.13. The van der Waals surface area contributed by atoms with E-state index >= 15 is 0 Å². The number of amides is 1. The van der Waals surface area contributed by atoms with Crippen molar-refractivity contribution in [2.75, 3.05) is 46.8 Å². The highest BCUT2D eigenvalue weighted by molar-refractivity contribution is 7.86. The van der Waals surface area contributed by atoms with Crippen LogP contribution in [0.4, 0.5) is 0 Å². The molecule has 1 amide bonds. The highest BCUT2D eigenvalue weighted by Crippen LogP contribution is 2.25. The van der Waals surface area contributed by atoms with Crippen molar-refractivity contribution in [2.45, 2.75) is 51.0 Å². The Hall–Kier alpha value is -0.700. The Morgan fingerprint density at radius 3 is 2.33 bits per heavy atom. The number of carbonyl (C=O) groups is 1. The minimum absolute atomic E-state index is 0.128. The minimum atomic E-state index is -3.41. The predicted molar refractivity (Wildman–Crippen MR) is 94.9 cm³/mol. The van der Waals surface area contributed by atoms with Crippen LogP contribution in [0.5, 0.6) is 0 Å². The van der Waals surface area contributed by atoms with E-state index in [1.165, 1.54) is 6.42 Å². The third-order valence-electron chi connectivity index (χ3n) is 5.19. The summed E-state index contributed by atoms with van der Waals surface area (Å²) in [5.41, 5.74) is 0. The predicted octanol–water partition coefficient (Wildman–Crippen LogP) is 0.640. The van der Waals surface area contributed by atoms with Gasteiger partial charge in [0.2, 0.25) is 5.91 Å². The smallest absolute Gasteiger partial charge is 0.282 e. The summed E-state index contributed by atoms with van der Waals surface area (Å²) in [5.74, 6) is 0.128. The molecule has 2 rings (SSSR count). The van der Waals surface area contributed by atoms with E-state index in [9.17, 15) is 13.2 Å². The van der Waals surface area contributed by atoms with Gasteiger partial charge in [0.25, 0.3) is 10.2 Å². The summed E-state index contributed by atoms with van der Waals surface area (Å²) in [6.07, 6.45) is 6.69. The first kappa shape index (κ1) is 19.6. The molecule has 1 saturated heterocycles. The molecule has 0 aromatic heterocycles. The van der Waals surface area contributed by atoms with Crippen LogP contribution in [0.2, 0.25) is 0 Å². The average Bonchev–Trinajstić information content (AvgIpc) is 2.62. The van der Waals surface area contributed by atoms with Gasteiger partial charge in [0.15, 0.2) is 0 Å². The maximum absolute atomic E-state index is 12.8. The number of hydrogen-bond donors (Lipinski definition) is 1. The summed E-state index contributed by atoms with van der Waals surface area (Å²) < 4.78 is 28.7. The molecule has 2 aliphatic rings. The van der Waals surface area contributed by atoms with Crippen molar-refractivity contribution < 1.29 is 13.2 Å². The molecule has 0 unspecified atom stereocenters. The lowest BCUT2D eigenvalue weighted by Gasteiger charge is -2.38. The number of carbonyl (C=O) groups excluding carboxylic acids is 1. The average molecular weight is 361 g/mol. The largest absolute Gasteiger partial charge is 0.340 e. The van der Waals surface area contributed by atoms with Gasteiger partial charge in [0.1, 0.15) is 0 Å². The Kier molecular flexibility index (Phi) is 7.46.